The number of guanidine groups is 1. The summed E-state index contributed by atoms with van der Waals surface area (Å²) in [4.78, 5) is 18.5. The van der Waals surface area contributed by atoms with Gasteiger partial charge in [-0.05, 0) is 37.1 Å². The third kappa shape index (κ3) is 5.70. The third-order valence-electron chi connectivity index (χ3n) is 4.09. The van der Waals surface area contributed by atoms with E-state index in [0.717, 1.165) is 29.5 Å². The highest BCUT2D eigenvalue weighted by Gasteiger charge is 2.27. The van der Waals surface area contributed by atoms with Crippen molar-refractivity contribution in [1.82, 2.24) is 15.5 Å². The minimum absolute atomic E-state index is 0.0194. The molecule has 2 rings (SSSR count). The Kier molecular flexibility index (Phi) is 7.23. The lowest BCUT2D eigenvalue weighted by molar-refractivity contribution is -0.133. The molecule has 7 heteroatoms. The van der Waals surface area contributed by atoms with E-state index in [1.165, 1.54) is 12.1 Å². The molecule has 25 heavy (non-hydrogen) atoms. The summed E-state index contributed by atoms with van der Waals surface area (Å²) in [5.41, 5.74) is 0.792. The average molecular weight is 413 g/mol. The quantitative estimate of drug-likeness (QED) is 0.577. The Balaban J connectivity index is 1.99. The highest BCUT2D eigenvalue weighted by Crippen LogP contribution is 2.18. The van der Waals surface area contributed by atoms with E-state index in [-0.39, 0.29) is 23.7 Å². The molecule has 1 aromatic rings. The van der Waals surface area contributed by atoms with Crippen LogP contribution in [0.15, 0.2) is 27.7 Å². The van der Waals surface area contributed by atoms with Gasteiger partial charge in [0.1, 0.15) is 5.82 Å². The van der Waals surface area contributed by atoms with Crippen LogP contribution in [-0.4, -0.2) is 42.4 Å². The van der Waals surface area contributed by atoms with Crippen molar-refractivity contribution in [3.8, 4) is 0 Å². The normalized spacial score (nSPS) is 17.9. The number of rotatable bonds is 5. The van der Waals surface area contributed by atoms with E-state index in [0.29, 0.717) is 19.0 Å². The van der Waals surface area contributed by atoms with Crippen molar-refractivity contribution < 1.29 is 9.18 Å². The smallest absolute Gasteiger partial charge is 0.225 e. The number of nitrogens with one attached hydrogen (secondary N) is 2. The van der Waals surface area contributed by atoms with Crippen LogP contribution in [0, 0.1) is 11.7 Å². The number of halogens is 2. The summed E-state index contributed by atoms with van der Waals surface area (Å²) in [6.07, 6.45) is 0.895. The lowest BCUT2D eigenvalue weighted by Gasteiger charge is -2.20. The number of nitrogens with zero attached hydrogens (tertiary/aromatic N) is 2. The maximum absolute atomic E-state index is 13.4. The first-order chi connectivity index (χ1) is 11.9. The maximum atomic E-state index is 13.4. The van der Waals surface area contributed by atoms with Gasteiger partial charge in [-0.3, -0.25) is 4.79 Å². The van der Waals surface area contributed by atoms with Gasteiger partial charge in [-0.2, -0.15) is 0 Å². The Morgan fingerprint density at radius 2 is 2.24 bits per heavy atom. The molecule has 1 unspecified atom stereocenters. The van der Waals surface area contributed by atoms with E-state index in [4.69, 9.17) is 0 Å². The first kappa shape index (κ1) is 19.7. The Hall–Kier alpha value is -1.63. The number of hydrogen-bond acceptors (Lipinski definition) is 2. The second-order valence-corrected chi connectivity index (χ2v) is 7.35. The molecule has 0 saturated carbocycles. The van der Waals surface area contributed by atoms with E-state index in [1.807, 2.05) is 25.7 Å². The number of aliphatic imine (C=N–C) groups is 1. The fourth-order valence-corrected chi connectivity index (χ4v) is 3.16. The molecule has 1 atom stereocenters. The van der Waals surface area contributed by atoms with Gasteiger partial charge >= 0.3 is 0 Å². The zero-order valence-electron chi connectivity index (χ0n) is 15.0. The summed E-state index contributed by atoms with van der Waals surface area (Å²) in [6, 6.07) is 4.76. The molecule has 1 aliphatic heterocycles. The van der Waals surface area contributed by atoms with Gasteiger partial charge in [0, 0.05) is 36.1 Å². The van der Waals surface area contributed by atoms with Gasteiger partial charge in [0.15, 0.2) is 5.96 Å². The Morgan fingerprint density at radius 3 is 2.92 bits per heavy atom. The number of amides is 1. The van der Waals surface area contributed by atoms with Crippen LogP contribution in [0.25, 0.3) is 0 Å². The summed E-state index contributed by atoms with van der Waals surface area (Å²) in [5, 5.41) is 6.59. The van der Waals surface area contributed by atoms with Gasteiger partial charge in [0.2, 0.25) is 5.91 Å². The molecule has 0 radical (unpaired) electrons. The van der Waals surface area contributed by atoms with Gasteiger partial charge < -0.3 is 15.5 Å². The van der Waals surface area contributed by atoms with Crippen molar-refractivity contribution in [2.45, 2.75) is 39.8 Å². The van der Waals surface area contributed by atoms with E-state index < -0.39 is 0 Å². The Morgan fingerprint density at radius 1 is 1.48 bits per heavy atom. The van der Waals surface area contributed by atoms with Crippen LogP contribution in [0.4, 0.5) is 4.39 Å². The van der Waals surface area contributed by atoms with Crippen molar-refractivity contribution in [3.05, 3.63) is 34.1 Å². The molecule has 1 amide bonds. The molecule has 1 aliphatic rings. The summed E-state index contributed by atoms with van der Waals surface area (Å²) in [6.45, 7) is 8.40. The van der Waals surface area contributed by atoms with Crippen LogP contribution >= 0.6 is 15.9 Å². The first-order valence-corrected chi connectivity index (χ1v) is 9.47. The molecular weight excluding hydrogens is 387 g/mol. The van der Waals surface area contributed by atoms with Crippen molar-refractivity contribution in [3.63, 3.8) is 0 Å². The molecule has 1 aromatic carbocycles. The molecule has 1 fully saturated rings. The Labute approximate surface area is 157 Å². The SMILES string of the molecule is CCNC(=NCc1cc(F)ccc1Br)NC1CCN(C(=O)C(C)C)C1. The van der Waals surface area contributed by atoms with Crippen LogP contribution in [0.2, 0.25) is 0 Å². The number of carbonyl (C=O) groups excluding carboxylic acids is 1. The molecule has 5 nitrogen and oxygen atoms in total. The largest absolute Gasteiger partial charge is 0.357 e. The van der Waals surface area contributed by atoms with Crippen molar-refractivity contribution in [2.75, 3.05) is 19.6 Å². The second kappa shape index (κ2) is 9.17. The fourth-order valence-electron chi connectivity index (χ4n) is 2.79. The van der Waals surface area contributed by atoms with Gasteiger partial charge in [-0.25, -0.2) is 9.38 Å². The van der Waals surface area contributed by atoms with Gasteiger partial charge in [-0.15, -0.1) is 0 Å². The highest BCUT2D eigenvalue weighted by atomic mass is 79.9. The topological polar surface area (TPSA) is 56.7 Å². The minimum atomic E-state index is -0.273. The molecule has 0 bridgehead atoms. The van der Waals surface area contributed by atoms with Gasteiger partial charge in [0.05, 0.1) is 6.54 Å². The fraction of sp³-hybridized carbons (Fsp3) is 0.556. The van der Waals surface area contributed by atoms with E-state index in [2.05, 4.69) is 31.6 Å². The number of benzene rings is 1. The molecule has 0 aliphatic carbocycles. The molecular formula is C18H26BrFN4O. The van der Waals surface area contributed by atoms with E-state index in [9.17, 15) is 9.18 Å². The van der Waals surface area contributed by atoms with Crippen molar-refractivity contribution in [1.29, 1.82) is 0 Å². The molecule has 1 saturated heterocycles. The lowest BCUT2D eigenvalue weighted by atomic mass is 10.2. The molecule has 0 aromatic heterocycles. The molecule has 2 N–H and O–H groups in total. The third-order valence-corrected chi connectivity index (χ3v) is 4.87. The number of carbonyl (C=O) groups is 1. The average Bonchev–Trinajstić information content (AvgIpc) is 3.03. The summed E-state index contributed by atoms with van der Waals surface area (Å²) >= 11 is 3.42. The summed E-state index contributed by atoms with van der Waals surface area (Å²) in [7, 11) is 0. The Bertz CT molecular complexity index is 636. The lowest BCUT2D eigenvalue weighted by Crippen LogP contribution is -2.45. The monoisotopic (exact) mass is 412 g/mol. The predicted molar refractivity (Wildman–Crippen MR) is 102 cm³/mol. The summed E-state index contributed by atoms with van der Waals surface area (Å²) < 4.78 is 14.2. The number of hydrogen-bond donors (Lipinski definition) is 2. The first-order valence-electron chi connectivity index (χ1n) is 8.68. The number of likely N-dealkylation sites (tertiary alicyclic amines) is 1. The van der Waals surface area contributed by atoms with Crippen LogP contribution in [0.1, 0.15) is 32.8 Å². The van der Waals surface area contributed by atoms with Crippen molar-refractivity contribution in [2.24, 2.45) is 10.9 Å². The second-order valence-electron chi connectivity index (χ2n) is 6.50. The standard InChI is InChI=1S/C18H26BrFN4O/c1-4-21-18(22-10-13-9-14(20)5-6-16(13)19)23-15-7-8-24(11-15)17(25)12(2)3/h5-6,9,12,15H,4,7-8,10-11H2,1-3H3,(H2,21,22,23). The van der Waals surface area contributed by atoms with Crippen LogP contribution in [0.3, 0.4) is 0 Å². The molecule has 0 spiro atoms. The van der Waals surface area contributed by atoms with Crippen LogP contribution in [0.5, 0.6) is 0 Å². The van der Waals surface area contributed by atoms with Gasteiger partial charge in [-0.1, -0.05) is 29.8 Å². The maximum Gasteiger partial charge on any atom is 0.225 e. The molecule has 138 valence electrons. The van der Waals surface area contributed by atoms with Crippen LogP contribution < -0.4 is 10.6 Å². The van der Waals surface area contributed by atoms with Crippen LogP contribution in [-0.2, 0) is 11.3 Å². The summed E-state index contributed by atoms with van der Waals surface area (Å²) in [5.74, 6) is 0.619. The minimum Gasteiger partial charge on any atom is -0.357 e. The van der Waals surface area contributed by atoms with E-state index in [1.54, 1.807) is 6.07 Å². The van der Waals surface area contributed by atoms with E-state index >= 15 is 0 Å². The highest BCUT2D eigenvalue weighted by molar-refractivity contribution is 9.10. The molecule has 1 heterocycles. The predicted octanol–water partition coefficient (Wildman–Crippen LogP) is 2.90. The zero-order valence-corrected chi connectivity index (χ0v) is 16.6. The van der Waals surface area contributed by atoms with Gasteiger partial charge in [0.25, 0.3) is 0 Å². The van der Waals surface area contributed by atoms with Crippen molar-refractivity contribution >= 4 is 27.8 Å². The zero-order chi connectivity index (χ0) is 18.4.